The number of aryl methyl sites for hydroxylation is 1. The summed E-state index contributed by atoms with van der Waals surface area (Å²) >= 11 is 0. The van der Waals surface area contributed by atoms with E-state index in [1.807, 2.05) is 11.6 Å². The van der Waals surface area contributed by atoms with E-state index in [1.165, 1.54) is 0 Å². The number of aromatic nitrogens is 2. The molecule has 96 valence electrons. The van der Waals surface area contributed by atoms with Crippen molar-refractivity contribution in [3.8, 4) is 0 Å². The Hall–Kier alpha value is -1.36. The van der Waals surface area contributed by atoms with Crippen LogP contribution in [0.5, 0.6) is 0 Å². The zero-order valence-corrected chi connectivity index (χ0v) is 10.7. The summed E-state index contributed by atoms with van der Waals surface area (Å²) in [6, 6.07) is 0. The van der Waals surface area contributed by atoms with Gasteiger partial charge in [0.15, 0.2) is 0 Å². The molecule has 0 spiro atoms. The van der Waals surface area contributed by atoms with Gasteiger partial charge in [-0.1, -0.05) is 13.3 Å². The topological polar surface area (TPSA) is 72.9 Å². The first-order chi connectivity index (χ1) is 8.20. The van der Waals surface area contributed by atoms with Crippen LogP contribution in [0.4, 0.5) is 0 Å². The maximum Gasteiger partial charge on any atom is 0.254 e. The summed E-state index contributed by atoms with van der Waals surface area (Å²) in [7, 11) is 0. The van der Waals surface area contributed by atoms with E-state index in [1.54, 1.807) is 6.20 Å². The Morgan fingerprint density at radius 2 is 2.29 bits per heavy atom. The Labute approximate surface area is 102 Å². The summed E-state index contributed by atoms with van der Waals surface area (Å²) in [6.45, 7) is 6.14. The van der Waals surface area contributed by atoms with Crippen LogP contribution in [0.2, 0.25) is 0 Å². The van der Waals surface area contributed by atoms with E-state index in [4.69, 9.17) is 5.73 Å². The molecule has 0 saturated heterocycles. The van der Waals surface area contributed by atoms with Crippen molar-refractivity contribution in [2.75, 3.05) is 13.1 Å². The molecule has 0 aliphatic rings. The predicted octanol–water partition coefficient (Wildman–Crippen LogP) is 1.07. The van der Waals surface area contributed by atoms with Gasteiger partial charge in [0.05, 0.1) is 11.8 Å². The monoisotopic (exact) mass is 238 g/mol. The molecule has 0 saturated carbocycles. The molecular formula is C12H22N4O. The standard InChI is InChI=1S/C12H22N4O/c1-3-4-7-14-12(17)11-9-15-16(10(11)2)8-5-6-13/h9H,3-8,13H2,1-2H3,(H,14,17). The van der Waals surface area contributed by atoms with Crippen LogP contribution in [0.3, 0.4) is 0 Å². The van der Waals surface area contributed by atoms with Crippen molar-refractivity contribution in [3.63, 3.8) is 0 Å². The van der Waals surface area contributed by atoms with E-state index >= 15 is 0 Å². The SMILES string of the molecule is CCCCNC(=O)c1cnn(CCCN)c1C. The van der Waals surface area contributed by atoms with Gasteiger partial charge in [-0.3, -0.25) is 9.48 Å². The molecule has 0 aliphatic heterocycles. The fourth-order valence-electron chi connectivity index (χ4n) is 1.61. The van der Waals surface area contributed by atoms with Crippen LogP contribution in [0, 0.1) is 6.92 Å². The summed E-state index contributed by atoms with van der Waals surface area (Å²) < 4.78 is 1.83. The number of carbonyl (C=O) groups excluding carboxylic acids is 1. The molecule has 0 atom stereocenters. The average molecular weight is 238 g/mol. The fourth-order valence-corrected chi connectivity index (χ4v) is 1.61. The lowest BCUT2D eigenvalue weighted by molar-refractivity contribution is 0.0952. The highest BCUT2D eigenvalue weighted by Gasteiger charge is 2.12. The molecule has 3 N–H and O–H groups in total. The first-order valence-corrected chi connectivity index (χ1v) is 6.21. The number of nitrogens with one attached hydrogen (secondary N) is 1. The van der Waals surface area contributed by atoms with E-state index in [2.05, 4.69) is 17.3 Å². The van der Waals surface area contributed by atoms with Gasteiger partial charge in [-0.05, 0) is 26.3 Å². The molecule has 0 bridgehead atoms. The lowest BCUT2D eigenvalue weighted by atomic mass is 10.2. The molecule has 1 heterocycles. The van der Waals surface area contributed by atoms with Crippen molar-refractivity contribution in [1.29, 1.82) is 0 Å². The third-order valence-electron chi connectivity index (χ3n) is 2.74. The van der Waals surface area contributed by atoms with Crippen LogP contribution in [0.25, 0.3) is 0 Å². The first kappa shape index (κ1) is 13.7. The number of hydrogen-bond donors (Lipinski definition) is 2. The zero-order chi connectivity index (χ0) is 12.7. The molecule has 1 aromatic rings. The van der Waals surface area contributed by atoms with Gasteiger partial charge in [0, 0.05) is 18.8 Å². The highest BCUT2D eigenvalue weighted by atomic mass is 16.1. The first-order valence-electron chi connectivity index (χ1n) is 6.21. The largest absolute Gasteiger partial charge is 0.352 e. The van der Waals surface area contributed by atoms with Crippen LogP contribution < -0.4 is 11.1 Å². The number of nitrogens with two attached hydrogens (primary N) is 1. The van der Waals surface area contributed by atoms with Crippen LogP contribution in [-0.2, 0) is 6.54 Å². The minimum atomic E-state index is -0.0325. The third kappa shape index (κ3) is 3.85. The molecular weight excluding hydrogens is 216 g/mol. The Bertz CT molecular complexity index is 359. The molecule has 5 heteroatoms. The lowest BCUT2D eigenvalue weighted by Crippen LogP contribution is -2.24. The minimum Gasteiger partial charge on any atom is -0.352 e. The predicted molar refractivity (Wildman–Crippen MR) is 67.9 cm³/mol. The average Bonchev–Trinajstić information content (AvgIpc) is 2.68. The fraction of sp³-hybridized carbons (Fsp3) is 0.667. The van der Waals surface area contributed by atoms with E-state index in [9.17, 15) is 4.79 Å². The van der Waals surface area contributed by atoms with Gasteiger partial charge in [-0.15, -0.1) is 0 Å². The van der Waals surface area contributed by atoms with Crippen molar-refractivity contribution >= 4 is 5.91 Å². The molecule has 0 aromatic carbocycles. The highest BCUT2D eigenvalue weighted by molar-refractivity contribution is 5.94. The molecule has 0 radical (unpaired) electrons. The normalized spacial score (nSPS) is 10.5. The van der Waals surface area contributed by atoms with Crippen molar-refractivity contribution in [2.45, 2.75) is 39.7 Å². The second-order valence-electron chi connectivity index (χ2n) is 4.12. The summed E-state index contributed by atoms with van der Waals surface area (Å²) in [6.07, 6.45) is 4.59. The summed E-state index contributed by atoms with van der Waals surface area (Å²) in [4.78, 5) is 11.8. The number of nitrogens with zero attached hydrogens (tertiary/aromatic N) is 2. The van der Waals surface area contributed by atoms with Crippen LogP contribution in [-0.4, -0.2) is 28.8 Å². The number of hydrogen-bond acceptors (Lipinski definition) is 3. The molecule has 0 fully saturated rings. The molecule has 1 aromatic heterocycles. The van der Waals surface area contributed by atoms with E-state index < -0.39 is 0 Å². The number of rotatable bonds is 7. The molecule has 1 rings (SSSR count). The highest BCUT2D eigenvalue weighted by Crippen LogP contribution is 2.07. The third-order valence-corrected chi connectivity index (χ3v) is 2.74. The maximum absolute atomic E-state index is 11.8. The van der Waals surface area contributed by atoms with Crippen molar-refractivity contribution < 1.29 is 4.79 Å². The number of amides is 1. The maximum atomic E-state index is 11.8. The summed E-state index contributed by atoms with van der Waals surface area (Å²) in [5, 5.41) is 7.10. The van der Waals surface area contributed by atoms with Gasteiger partial charge in [-0.25, -0.2) is 0 Å². The van der Waals surface area contributed by atoms with E-state index in [0.717, 1.165) is 38.0 Å². The van der Waals surface area contributed by atoms with Gasteiger partial charge < -0.3 is 11.1 Å². The molecule has 5 nitrogen and oxygen atoms in total. The van der Waals surface area contributed by atoms with Crippen molar-refractivity contribution in [1.82, 2.24) is 15.1 Å². The quantitative estimate of drug-likeness (QED) is 0.698. The summed E-state index contributed by atoms with van der Waals surface area (Å²) in [5.74, 6) is -0.0325. The van der Waals surface area contributed by atoms with Crippen LogP contribution in [0.15, 0.2) is 6.20 Å². The van der Waals surface area contributed by atoms with Gasteiger partial charge >= 0.3 is 0 Å². The Kier molecular flexibility index (Phi) is 5.69. The van der Waals surface area contributed by atoms with Gasteiger partial charge in [0.1, 0.15) is 0 Å². The van der Waals surface area contributed by atoms with Crippen LogP contribution >= 0.6 is 0 Å². The van der Waals surface area contributed by atoms with Gasteiger partial charge in [0.25, 0.3) is 5.91 Å². The Morgan fingerprint density at radius 3 is 2.94 bits per heavy atom. The number of carbonyl (C=O) groups is 1. The lowest BCUT2D eigenvalue weighted by Gasteiger charge is -2.05. The molecule has 0 unspecified atom stereocenters. The van der Waals surface area contributed by atoms with E-state index in [-0.39, 0.29) is 5.91 Å². The van der Waals surface area contributed by atoms with Gasteiger partial charge in [-0.2, -0.15) is 5.10 Å². The summed E-state index contributed by atoms with van der Waals surface area (Å²) in [5.41, 5.74) is 7.03. The Balaban J connectivity index is 2.58. The molecule has 17 heavy (non-hydrogen) atoms. The smallest absolute Gasteiger partial charge is 0.254 e. The van der Waals surface area contributed by atoms with Crippen molar-refractivity contribution in [3.05, 3.63) is 17.5 Å². The van der Waals surface area contributed by atoms with Crippen LogP contribution in [0.1, 0.15) is 42.2 Å². The van der Waals surface area contributed by atoms with Crippen molar-refractivity contribution in [2.24, 2.45) is 5.73 Å². The number of unbranched alkanes of at least 4 members (excludes halogenated alkanes) is 1. The van der Waals surface area contributed by atoms with Gasteiger partial charge in [0.2, 0.25) is 0 Å². The second-order valence-corrected chi connectivity index (χ2v) is 4.12. The molecule has 1 amide bonds. The van der Waals surface area contributed by atoms with E-state index in [0.29, 0.717) is 12.1 Å². The second kappa shape index (κ2) is 7.06. The minimum absolute atomic E-state index is 0.0325. The zero-order valence-electron chi connectivity index (χ0n) is 10.7. The molecule has 0 aliphatic carbocycles. The Morgan fingerprint density at radius 1 is 1.53 bits per heavy atom.